The van der Waals surface area contributed by atoms with Crippen molar-refractivity contribution in [2.45, 2.75) is 24.4 Å². The average molecular weight is 643 g/mol. The maximum absolute atomic E-state index is 13.9. The lowest BCUT2D eigenvalue weighted by Crippen LogP contribution is -2.10. The van der Waals surface area contributed by atoms with Crippen LogP contribution in [0.25, 0.3) is 41.6 Å². The molecule has 0 aliphatic carbocycles. The van der Waals surface area contributed by atoms with Gasteiger partial charge in [-0.3, -0.25) is 9.35 Å². The maximum atomic E-state index is 13.9. The molecule has 0 saturated carbocycles. The van der Waals surface area contributed by atoms with Crippen LogP contribution in [0, 0.1) is 12.7 Å². The first-order chi connectivity index (χ1) is 20.3. The number of Topliss-reactive ketones (excluding diaryl/α,β-unsaturated/α-hetero) is 1. The molecule has 2 aromatic heterocycles. The summed E-state index contributed by atoms with van der Waals surface area (Å²) in [5, 5.41) is 1.30. The molecule has 0 spiro atoms. The van der Waals surface area contributed by atoms with Gasteiger partial charge in [0.2, 0.25) is 0 Å². The molecular formula is C30H18F4N2O4S3. The Morgan fingerprint density at radius 3 is 2.19 bits per heavy atom. The molecule has 0 radical (unpaired) electrons. The average Bonchev–Trinajstić information content (AvgIpc) is 3.55. The molecule has 0 aliphatic heterocycles. The predicted molar refractivity (Wildman–Crippen MR) is 158 cm³/mol. The Morgan fingerprint density at radius 1 is 0.860 bits per heavy atom. The van der Waals surface area contributed by atoms with Crippen molar-refractivity contribution in [2.75, 3.05) is 0 Å². The topological polar surface area (TPSA) is 97.2 Å². The Balaban J connectivity index is 1.23. The first kappa shape index (κ1) is 29.1. The van der Waals surface area contributed by atoms with Crippen molar-refractivity contribution in [1.82, 2.24) is 9.97 Å². The van der Waals surface area contributed by atoms with E-state index in [0.717, 1.165) is 27.4 Å². The van der Waals surface area contributed by atoms with E-state index in [1.807, 2.05) is 18.2 Å². The van der Waals surface area contributed by atoms with Gasteiger partial charge in [0.1, 0.15) is 20.7 Å². The minimum Gasteiger partial charge on any atom is -0.294 e. The smallest absolute Gasteiger partial charge is 0.294 e. The summed E-state index contributed by atoms with van der Waals surface area (Å²) < 4.78 is 87.3. The monoisotopic (exact) mass is 642 g/mol. The number of fused-ring (bicyclic) bond motifs is 2. The number of hydrogen-bond donors (Lipinski definition) is 1. The number of nitrogens with zero attached hydrogens (tertiary/aromatic N) is 2. The Kier molecular flexibility index (Phi) is 7.16. The van der Waals surface area contributed by atoms with Crippen molar-refractivity contribution >= 4 is 59.0 Å². The number of hydrogen-bond acceptors (Lipinski definition) is 7. The van der Waals surface area contributed by atoms with E-state index in [9.17, 15) is 35.3 Å². The first-order valence-electron chi connectivity index (χ1n) is 12.6. The lowest BCUT2D eigenvalue weighted by Gasteiger charge is -2.09. The summed E-state index contributed by atoms with van der Waals surface area (Å²) in [4.78, 5) is 21.7. The minimum absolute atomic E-state index is 0.116. The molecule has 4 aromatic carbocycles. The summed E-state index contributed by atoms with van der Waals surface area (Å²) >= 11 is 2.60. The SMILES string of the molecule is Cc1ccc2nc(-c3ccc4nc(-c5ccc(CC(=O)c6ccc(C(F)(F)F)c(F)c6)cc5)sc4c3)sc2c1S(=O)(=O)O. The standard InChI is InChI=1S/C30H18F4N2O4S3/c1-15-2-10-23-26(27(15)43(38,39)40)42-29(36-23)19-8-11-22-25(14-19)41-28(35-22)17-5-3-16(4-6-17)12-24(37)18-7-9-20(21(31)13-18)30(32,33)34/h2-11,13-14H,12H2,1H3,(H,38,39,40). The zero-order valence-corrected chi connectivity index (χ0v) is 24.4. The minimum atomic E-state index is -4.84. The van der Waals surface area contributed by atoms with Gasteiger partial charge in [-0.15, -0.1) is 22.7 Å². The summed E-state index contributed by atoms with van der Waals surface area (Å²) in [6.45, 7) is 1.61. The molecule has 0 amide bonds. The van der Waals surface area contributed by atoms with Crippen LogP contribution in [0.1, 0.15) is 27.0 Å². The van der Waals surface area contributed by atoms with Gasteiger partial charge in [-0.25, -0.2) is 14.4 Å². The highest BCUT2D eigenvalue weighted by Gasteiger charge is 2.34. The van der Waals surface area contributed by atoms with Crippen molar-refractivity contribution in [3.05, 3.63) is 101 Å². The van der Waals surface area contributed by atoms with Crippen LogP contribution in [0.5, 0.6) is 0 Å². The lowest BCUT2D eigenvalue weighted by atomic mass is 10.0. The fourth-order valence-corrected chi connectivity index (χ4v) is 7.98. The Morgan fingerprint density at radius 2 is 1.51 bits per heavy atom. The summed E-state index contributed by atoms with van der Waals surface area (Å²) in [6.07, 6.45) is -4.95. The number of thiazole rings is 2. The number of carbonyl (C=O) groups excluding carboxylic acids is 1. The molecule has 43 heavy (non-hydrogen) atoms. The quantitative estimate of drug-likeness (QED) is 0.111. The van der Waals surface area contributed by atoms with Gasteiger partial charge in [-0.05, 0) is 54.4 Å². The summed E-state index contributed by atoms with van der Waals surface area (Å²) in [5.74, 6) is -2.00. The number of alkyl halides is 3. The highest BCUT2D eigenvalue weighted by atomic mass is 32.2. The molecule has 218 valence electrons. The molecule has 2 heterocycles. The molecule has 0 atom stereocenters. The van der Waals surface area contributed by atoms with Crippen molar-refractivity contribution in [1.29, 1.82) is 0 Å². The van der Waals surface area contributed by atoms with Crippen LogP contribution in [0.3, 0.4) is 0 Å². The molecule has 0 fully saturated rings. The summed E-state index contributed by atoms with van der Waals surface area (Å²) in [6, 6.07) is 18.0. The normalized spacial score (nSPS) is 12.3. The lowest BCUT2D eigenvalue weighted by molar-refractivity contribution is -0.140. The van der Waals surface area contributed by atoms with Crippen LogP contribution < -0.4 is 0 Å². The van der Waals surface area contributed by atoms with Crippen LogP contribution in [0.4, 0.5) is 17.6 Å². The van der Waals surface area contributed by atoms with Crippen LogP contribution in [-0.4, -0.2) is 28.7 Å². The molecule has 0 aliphatic rings. The van der Waals surface area contributed by atoms with Gasteiger partial charge in [0.15, 0.2) is 5.78 Å². The van der Waals surface area contributed by atoms with E-state index in [2.05, 4.69) is 9.97 Å². The fourth-order valence-electron chi connectivity index (χ4n) is 4.66. The number of aryl methyl sites for hydroxylation is 1. The fraction of sp³-hybridized carbons (Fsp3) is 0.100. The van der Waals surface area contributed by atoms with E-state index in [1.54, 1.807) is 43.3 Å². The zero-order chi connectivity index (χ0) is 30.7. The second-order valence-corrected chi connectivity index (χ2v) is 13.1. The molecule has 6 aromatic rings. The molecule has 13 heteroatoms. The van der Waals surface area contributed by atoms with E-state index < -0.39 is 33.5 Å². The van der Waals surface area contributed by atoms with E-state index >= 15 is 0 Å². The van der Waals surface area contributed by atoms with E-state index in [0.29, 0.717) is 43.5 Å². The van der Waals surface area contributed by atoms with Gasteiger partial charge >= 0.3 is 6.18 Å². The second-order valence-electron chi connectivity index (χ2n) is 9.74. The van der Waals surface area contributed by atoms with Crippen LogP contribution in [0.15, 0.2) is 77.7 Å². The number of carbonyl (C=O) groups is 1. The highest BCUT2D eigenvalue weighted by molar-refractivity contribution is 7.86. The Hall–Kier alpha value is -4.04. The number of benzene rings is 4. The summed E-state index contributed by atoms with van der Waals surface area (Å²) in [7, 11) is -4.43. The van der Waals surface area contributed by atoms with E-state index in [-0.39, 0.29) is 16.9 Å². The Labute approximate surface area is 250 Å². The number of aromatic nitrogens is 2. The third kappa shape index (κ3) is 5.68. The number of rotatable bonds is 6. The van der Waals surface area contributed by atoms with Crippen molar-refractivity contribution in [2.24, 2.45) is 0 Å². The van der Waals surface area contributed by atoms with Gasteiger partial charge in [-0.2, -0.15) is 21.6 Å². The van der Waals surface area contributed by atoms with Gasteiger partial charge in [0, 0.05) is 23.1 Å². The molecule has 0 unspecified atom stereocenters. The van der Waals surface area contributed by atoms with Gasteiger partial charge < -0.3 is 0 Å². The van der Waals surface area contributed by atoms with Crippen LogP contribution >= 0.6 is 22.7 Å². The highest BCUT2D eigenvalue weighted by Crippen LogP contribution is 2.38. The molecule has 1 N–H and O–H groups in total. The van der Waals surface area contributed by atoms with Crippen molar-refractivity contribution in [3.8, 4) is 21.1 Å². The van der Waals surface area contributed by atoms with Crippen molar-refractivity contribution in [3.63, 3.8) is 0 Å². The van der Waals surface area contributed by atoms with Crippen molar-refractivity contribution < 1.29 is 35.3 Å². The molecule has 0 bridgehead atoms. The van der Waals surface area contributed by atoms with Crippen LogP contribution in [-0.2, 0) is 22.7 Å². The molecule has 0 saturated heterocycles. The molecule has 6 rings (SSSR count). The van der Waals surface area contributed by atoms with Gasteiger partial charge in [-0.1, -0.05) is 36.4 Å². The first-order valence-corrected chi connectivity index (χ1v) is 15.6. The second kappa shape index (κ2) is 10.6. The molecule has 6 nitrogen and oxygen atoms in total. The Bertz CT molecular complexity index is 2170. The third-order valence-electron chi connectivity index (χ3n) is 6.76. The van der Waals surface area contributed by atoms with E-state index in [1.165, 1.54) is 22.7 Å². The number of halogens is 4. The van der Waals surface area contributed by atoms with Gasteiger partial charge in [0.05, 0.1) is 26.0 Å². The largest absolute Gasteiger partial charge is 0.419 e. The van der Waals surface area contributed by atoms with E-state index in [4.69, 9.17) is 0 Å². The zero-order valence-electron chi connectivity index (χ0n) is 21.9. The van der Waals surface area contributed by atoms with Gasteiger partial charge in [0.25, 0.3) is 10.1 Å². The predicted octanol–water partition coefficient (Wildman–Crippen LogP) is 8.38. The third-order valence-corrected chi connectivity index (χ3v) is 10.1. The summed E-state index contributed by atoms with van der Waals surface area (Å²) in [5.41, 5.74) is 2.22. The van der Waals surface area contributed by atoms with Crippen LogP contribution in [0.2, 0.25) is 0 Å². The maximum Gasteiger partial charge on any atom is 0.419 e. The number of ketones is 1. The molecular weight excluding hydrogens is 625 g/mol.